The van der Waals surface area contributed by atoms with Gasteiger partial charge < -0.3 is 14.9 Å². The van der Waals surface area contributed by atoms with E-state index in [0.717, 1.165) is 22.4 Å². The Morgan fingerprint density at radius 2 is 1.64 bits per heavy atom. The Hall–Kier alpha value is -3.60. The van der Waals surface area contributed by atoms with Crippen LogP contribution in [0.4, 0.5) is 5.69 Å². The Labute approximate surface area is 163 Å². The number of anilines is 1. The van der Waals surface area contributed by atoms with Gasteiger partial charge in [-0.05, 0) is 35.4 Å². The number of carbonyl (C=O) groups is 1. The summed E-state index contributed by atoms with van der Waals surface area (Å²) in [5.74, 6) is 0.489. The number of para-hydroxylation sites is 1. The Morgan fingerprint density at radius 3 is 2.39 bits per heavy atom. The van der Waals surface area contributed by atoms with Crippen molar-refractivity contribution < 1.29 is 14.4 Å². The van der Waals surface area contributed by atoms with Gasteiger partial charge in [0, 0.05) is 17.7 Å². The average Bonchev–Trinajstić information content (AvgIpc) is 3.25. The first-order chi connectivity index (χ1) is 13.7. The number of rotatable bonds is 5. The third-order valence-corrected chi connectivity index (χ3v) is 4.64. The van der Waals surface area contributed by atoms with E-state index in [4.69, 9.17) is 9.57 Å². The van der Waals surface area contributed by atoms with E-state index in [2.05, 4.69) is 22.6 Å². The second-order valence-corrected chi connectivity index (χ2v) is 6.47. The summed E-state index contributed by atoms with van der Waals surface area (Å²) in [5, 5.41) is 6.98. The predicted molar refractivity (Wildman–Crippen MR) is 110 cm³/mol. The molecule has 1 aliphatic heterocycles. The zero-order valence-corrected chi connectivity index (χ0v) is 15.5. The molecule has 3 aromatic rings. The molecule has 0 bridgehead atoms. The first-order valence-corrected chi connectivity index (χ1v) is 9.07. The summed E-state index contributed by atoms with van der Waals surface area (Å²) in [5.41, 5.74) is 4.50. The molecule has 1 unspecified atom stereocenters. The van der Waals surface area contributed by atoms with Gasteiger partial charge in [0.05, 0.1) is 12.8 Å². The maximum Gasteiger partial charge on any atom is 0.268 e. The van der Waals surface area contributed by atoms with Crippen LogP contribution in [0.25, 0.3) is 11.1 Å². The largest absolute Gasteiger partial charge is 0.496 e. The van der Waals surface area contributed by atoms with Gasteiger partial charge in [0.25, 0.3) is 5.91 Å². The molecule has 4 rings (SSSR count). The highest BCUT2D eigenvalue weighted by Gasteiger charge is 2.30. The molecular formula is C23H20N2O3. The van der Waals surface area contributed by atoms with Crippen molar-refractivity contribution in [1.29, 1.82) is 0 Å². The molecule has 0 spiro atoms. The molecule has 0 aromatic heterocycles. The van der Waals surface area contributed by atoms with Gasteiger partial charge in [0.1, 0.15) is 5.75 Å². The molecule has 28 heavy (non-hydrogen) atoms. The van der Waals surface area contributed by atoms with Crippen molar-refractivity contribution in [2.45, 2.75) is 12.5 Å². The lowest BCUT2D eigenvalue weighted by Gasteiger charge is -2.10. The van der Waals surface area contributed by atoms with Crippen LogP contribution in [-0.2, 0) is 9.63 Å². The molecule has 5 nitrogen and oxygen atoms in total. The fourth-order valence-corrected chi connectivity index (χ4v) is 3.16. The highest BCUT2D eigenvalue weighted by molar-refractivity contribution is 6.07. The maximum absolute atomic E-state index is 12.6. The van der Waals surface area contributed by atoms with Crippen LogP contribution in [0, 0.1) is 0 Å². The summed E-state index contributed by atoms with van der Waals surface area (Å²) in [6.07, 6.45) is -0.261. The second-order valence-electron chi connectivity index (χ2n) is 6.47. The molecule has 1 aliphatic rings. The van der Waals surface area contributed by atoms with Crippen LogP contribution in [0.3, 0.4) is 0 Å². The minimum Gasteiger partial charge on any atom is -0.496 e. The highest BCUT2D eigenvalue weighted by Crippen LogP contribution is 2.26. The number of methoxy groups -OCH3 is 1. The first kappa shape index (κ1) is 17.8. The third-order valence-electron chi connectivity index (χ3n) is 4.64. The molecule has 0 radical (unpaired) electrons. The molecule has 0 aliphatic carbocycles. The molecule has 0 saturated carbocycles. The Kier molecular flexibility index (Phi) is 5.06. The van der Waals surface area contributed by atoms with Gasteiger partial charge in [-0.3, -0.25) is 4.79 Å². The SMILES string of the molecule is COc1ccccc1C1=NOC(C(=O)Nc2ccc(-c3ccccc3)cc2)C1. The standard InChI is InChI=1S/C23H20N2O3/c1-27-21-10-6-5-9-19(21)20-15-22(28-25-20)23(26)24-18-13-11-17(12-14-18)16-7-3-2-4-8-16/h2-14,22H,15H2,1H3,(H,24,26). The number of ether oxygens (including phenoxy) is 1. The second kappa shape index (κ2) is 7.96. The van der Waals surface area contributed by atoms with Crippen molar-refractivity contribution in [3.05, 3.63) is 84.4 Å². The number of oxime groups is 1. The minimum atomic E-state index is -0.659. The third kappa shape index (κ3) is 3.74. The van der Waals surface area contributed by atoms with Gasteiger partial charge in [-0.15, -0.1) is 0 Å². The summed E-state index contributed by atoms with van der Waals surface area (Å²) in [4.78, 5) is 17.9. The van der Waals surface area contributed by atoms with Crippen molar-refractivity contribution in [2.24, 2.45) is 5.16 Å². The van der Waals surface area contributed by atoms with Gasteiger partial charge in [0.2, 0.25) is 6.10 Å². The minimum absolute atomic E-state index is 0.221. The van der Waals surface area contributed by atoms with Crippen LogP contribution in [0.15, 0.2) is 84.0 Å². The van der Waals surface area contributed by atoms with Gasteiger partial charge in [-0.1, -0.05) is 59.8 Å². The molecule has 3 aromatic carbocycles. The predicted octanol–water partition coefficient (Wildman–Crippen LogP) is 4.49. The molecule has 0 saturated heterocycles. The smallest absolute Gasteiger partial charge is 0.268 e. The zero-order chi connectivity index (χ0) is 19.3. The number of nitrogens with one attached hydrogen (secondary N) is 1. The Bertz CT molecular complexity index is 998. The van der Waals surface area contributed by atoms with Crippen LogP contribution in [0.5, 0.6) is 5.75 Å². The molecule has 1 heterocycles. The fourth-order valence-electron chi connectivity index (χ4n) is 3.16. The van der Waals surface area contributed by atoms with E-state index in [9.17, 15) is 4.79 Å². The van der Waals surface area contributed by atoms with Crippen LogP contribution in [0.1, 0.15) is 12.0 Å². The average molecular weight is 372 g/mol. The van der Waals surface area contributed by atoms with Crippen molar-refractivity contribution >= 4 is 17.3 Å². The molecule has 0 fully saturated rings. The quantitative estimate of drug-likeness (QED) is 0.718. The van der Waals surface area contributed by atoms with E-state index in [1.54, 1.807) is 7.11 Å². The fraction of sp³-hybridized carbons (Fsp3) is 0.130. The lowest BCUT2D eigenvalue weighted by atomic mass is 10.0. The summed E-state index contributed by atoms with van der Waals surface area (Å²) in [6.45, 7) is 0. The Morgan fingerprint density at radius 1 is 0.964 bits per heavy atom. The van der Waals surface area contributed by atoms with Crippen molar-refractivity contribution in [2.75, 3.05) is 12.4 Å². The number of carbonyl (C=O) groups excluding carboxylic acids is 1. The number of benzene rings is 3. The van der Waals surface area contributed by atoms with E-state index in [1.807, 2.05) is 66.7 Å². The van der Waals surface area contributed by atoms with E-state index in [1.165, 1.54) is 0 Å². The molecule has 140 valence electrons. The molecule has 1 amide bonds. The van der Waals surface area contributed by atoms with Gasteiger partial charge in [-0.2, -0.15) is 0 Å². The number of hydrogen-bond acceptors (Lipinski definition) is 4. The maximum atomic E-state index is 12.6. The molecular weight excluding hydrogens is 352 g/mol. The van der Waals surface area contributed by atoms with Crippen molar-refractivity contribution in [3.8, 4) is 16.9 Å². The summed E-state index contributed by atoms with van der Waals surface area (Å²) >= 11 is 0. The van der Waals surface area contributed by atoms with Crippen LogP contribution >= 0.6 is 0 Å². The number of amides is 1. The van der Waals surface area contributed by atoms with E-state index in [-0.39, 0.29) is 5.91 Å². The van der Waals surface area contributed by atoms with Crippen LogP contribution < -0.4 is 10.1 Å². The van der Waals surface area contributed by atoms with E-state index >= 15 is 0 Å². The van der Waals surface area contributed by atoms with Crippen LogP contribution in [-0.4, -0.2) is 24.8 Å². The van der Waals surface area contributed by atoms with Gasteiger partial charge >= 0.3 is 0 Å². The topological polar surface area (TPSA) is 59.9 Å². The van der Waals surface area contributed by atoms with Gasteiger partial charge in [0.15, 0.2) is 0 Å². The monoisotopic (exact) mass is 372 g/mol. The molecule has 5 heteroatoms. The molecule has 1 atom stereocenters. The lowest BCUT2D eigenvalue weighted by molar-refractivity contribution is -0.125. The van der Waals surface area contributed by atoms with E-state index < -0.39 is 6.10 Å². The summed E-state index contributed by atoms with van der Waals surface area (Å²) in [7, 11) is 1.61. The highest BCUT2D eigenvalue weighted by atomic mass is 16.6. The van der Waals surface area contributed by atoms with Crippen LogP contribution in [0.2, 0.25) is 0 Å². The zero-order valence-electron chi connectivity index (χ0n) is 15.5. The first-order valence-electron chi connectivity index (χ1n) is 9.07. The molecule has 1 N–H and O–H groups in total. The summed E-state index contributed by atoms with van der Waals surface area (Å²) in [6, 6.07) is 25.4. The lowest BCUT2D eigenvalue weighted by Crippen LogP contribution is -2.28. The normalized spacial score (nSPS) is 15.5. The number of hydrogen-bond donors (Lipinski definition) is 1. The van der Waals surface area contributed by atoms with Crippen molar-refractivity contribution in [1.82, 2.24) is 0 Å². The van der Waals surface area contributed by atoms with Gasteiger partial charge in [-0.25, -0.2) is 0 Å². The number of nitrogens with zero attached hydrogens (tertiary/aromatic N) is 1. The van der Waals surface area contributed by atoms with Crippen molar-refractivity contribution in [3.63, 3.8) is 0 Å². The van der Waals surface area contributed by atoms with E-state index in [0.29, 0.717) is 17.9 Å². The Balaban J connectivity index is 1.40. The summed E-state index contributed by atoms with van der Waals surface area (Å²) < 4.78 is 5.36.